The lowest BCUT2D eigenvalue weighted by atomic mass is 10.0. The van der Waals surface area contributed by atoms with Crippen LogP contribution in [0.4, 0.5) is 5.69 Å². The van der Waals surface area contributed by atoms with E-state index in [1.54, 1.807) is 23.9 Å². The second kappa shape index (κ2) is 8.23. The lowest BCUT2D eigenvalue weighted by Gasteiger charge is -2.13. The number of amidine groups is 1. The average molecular weight is 366 g/mol. The van der Waals surface area contributed by atoms with Gasteiger partial charge in [0.05, 0.1) is 0 Å². The number of allylic oxidation sites excluding steroid dienone is 1. The summed E-state index contributed by atoms with van der Waals surface area (Å²) in [6.45, 7) is 4.57. The van der Waals surface area contributed by atoms with Crippen molar-refractivity contribution in [2.24, 2.45) is 4.99 Å². The van der Waals surface area contributed by atoms with Crippen molar-refractivity contribution in [3.8, 4) is 5.75 Å². The first-order valence-corrected chi connectivity index (χ1v) is 9.58. The van der Waals surface area contributed by atoms with Gasteiger partial charge in [0.15, 0.2) is 11.0 Å². The topological polar surface area (TPSA) is 61.7 Å². The van der Waals surface area contributed by atoms with E-state index in [0.29, 0.717) is 11.3 Å². The summed E-state index contributed by atoms with van der Waals surface area (Å²) in [6.07, 6.45) is 4.46. The van der Waals surface area contributed by atoms with Crippen LogP contribution in [0.1, 0.15) is 33.5 Å². The predicted octanol–water partition coefficient (Wildman–Crippen LogP) is 4.81. The summed E-state index contributed by atoms with van der Waals surface area (Å²) in [5.41, 5.74) is 4.07. The zero-order valence-electron chi connectivity index (χ0n) is 15.0. The molecule has 2 N–H and O–H groups in total. The highest BCUT2D eigenvalue weighted by Crippen LogP contribution is 2.23. The molecule has 3 rings (SSSR count). The third-order valence-electron chi connectivity index (χ3n) is 4.16. The summed E-state index contributed by atoms with van der Waals surface area (Å²) in [6, 6.07) is 11.2. The van der Waals surface area contributed by atoms with Crippen LogP contribution in [-0.2, 0) is 0 Å². The van der Waals surface area contributed by atoms with Crippen LogP contribution >= 0.6 is 11.8 Å². The van der Waals surface area contributed by atoms with Gasteiger partial charge in [-0.3, -0.25) is 9.79 Å². The molecule has 1 heterocycles. The number of aromatic hydroxyl groups is 1. The van der Waals surface area contributed by atoms with Gasteiger partial charge in [0, 0.05) is 23.5 Å². The third-order valence-corrected chi connectivity index (χ3v) is 5.16. The number of nitrogens with zero attached hydrogens (tertiary/aromatic N) is 1. The fourth-order valence-electron chi connectivity index (χ4n) is 2.73. The molecule has 134 valence electrons. The van der Waals surface area contributed by atoms with Crippen molar-refractivity contribution in [3.05, 3.63) is 64.7 Å². The molecule has 26 heavy (non-hydrogen) atoms. The molecule has 0 atom stereocenters. The molecule has 1 aliphatic heterocycles. The first-order chi connectivity index (χ1) is 12.5. The number of hydrogen-bond acceptors (Lipinski definition) is 5. The van der Waals surface area contributed by atoms with Gasteiger partial charge >= 0.3 is 0 Å². The molecule has 5 heteroatoms. The van der Waals surface area contributed by atoms with Crippen molar-refractivity contribution in [1.29, 1.82) is 0 Å². The summed E-state index contributed by atoms with van der Waals surface area (Å²) in [5, 5.41) is 14.0. The minimum absolute atomic E-state index is 0.0516. The number of carbonyl (C=O) groups is 1. The lowest BCUT2D eigenvalue weighted by Crippen LogP contribution is -2.13. The van der Waals surface area contributed by atoms with Gasteiger partial charge in [-0.2, -0.15) is 0 Å². The molecular weight excluding hydrogens is 344 g/mol. The number of aryl methyl sites for hydroxylation is 2. The minimum atomic E-state index is -0.0516. The number of carbonyl (C=O) groups excluding carboxylic acids is 1. The van der Waals surface area contributed by atoms with Crippen molar-refractivity contribution in [2.75, 3.05) is 17.6 Å². The van der Waals surface area contributed by atoms with E-state index in [0.717, 1.165) is 46.3 Å². The number of phenolic OH excluding ortho intramolecular Hbond substituents is 1. The summed E-state index contributed by atoms with van der Waals surface area (Å²) in [5.74, 6) is 1.34. The van der Waals surface area contributed by atoms with Crippen molar-refractivity contribution in [1.82, 2.24) is 0 Å². The molecule has 4 nitrogen and oxygen atoms in total. The SMILES string of the molecule is Cc1cc(C=CC(=O)c2ccc(NC3=NCCCS3)cc2)cc(C)c1O. The molecule has 1 aliphatic rings. The van der Waals surface area contributed by atoms with Crippen LogP contribution < -0.4 is 5.32 Å². The van der Waals surface area contributed by atoms with Crippen LogP contribution in [-0.4, -0.2) is 28.4 Å². The van der Waals surface area contributed by atoms with E-state index in [-0.39, 0.29) is 5.78 Å². The number of thioether (sulfide) groups is 1. The summed E-state index contributed by atoms with van der Waals surface area (Å²) < 4.78 is 0. The van der Waals surface area contributed by atoms with E-state index in [1.165, 1.54) is 0 Å². The first kappa shape index (κ1) is 18.3. The van der Waals surface area contributed by atoms with Gasteiger partial charge in [-0.15, -0.1) is 0 Å². The van der Waals surface area contributed by atoms with Crippen molar-refractivity contribution < 1.29 is 9.90 Å². The second-order valence-corrected chi connectivity index (χ2v) is 7.38. The zero-order chi connectivity index (χ0) is 18.5. The maximum atomic E-state index is 12.4. The van der Waals surface area contributed by atoms with Gasteiger partial charge in [0.25, 0.3) is 0 Å². The smallest absolute Gasteiger partial charge is 0.185 e. The first-order valence-electron chi connectivity index (χ1n) is 8.60. The number of ketones is 1. The Bertz CT molecular complexity index is 847. The number of anilines is 1. The molecule has 0 radical (unpaired) electrons. The van der Waals surface area contributed by atoms with Gasteiger partial charge in [-0.25, -0.2) is 0 Å². The summed E-state index contributed by atoms with van der Waals surface area (Å²) >= 11 is 1.72. The Balaban J connectivity index is 1.67. The number of benzene rings is 2. The molecule has 0 amide bonds. The monoisotopic (exact) mass is 366 g/mol. The van der Waals surface area contributed by atoms with Crippen LogP contribution in [0.15, 0.2) is 47.5 Å². The Morgan fingerprint density at radius 1 is 1.19 bits per heavy atom. The summed E-state index contributed by atoms with van der Waals surface area (Å²) in [7, 11) is 0. The predicted molar refractivity (Wildman–Crippen MR) is 110 cm³/mol. The number of phenols is 1. The van der Waals surface area contributed by atoms with E-state index < -0.39 is 0 Å². The van der Waals surface area contributed by atoms with Crippen molar-refractivity contribution >= 4 is 34.5 Å². The highest BCUT2D eigenvalue weighted by Gasteiger charge is 2.07. The maximum absolute atomic E-state index is 12.4. The van der Waals surface area contributed by atoms with E-state index >= 15 is 0 Å². The van der Waals surface area contributed by atoms with Crippen LogP contribution in [0, 0.1) is 13.8 Å². The largest absolute Gasteiger partial charge is 0.507 e. The highest BCUT2D eigenvalue weighted by molar-refractivity contribution is 8.14. The van der Waals surface area contributed by atoms with Gasteiger partial charge in [0.2, 0.25) is 0 Å². The zero-order valence-corrected chi connectivity index (χ0v) is 15.8. The Morgan fingerprint density at radius 3 is 2.50 bits per heavy atom. The van der Waals surface area contributed by atoms with E-state index in [2.05, 4.69) is 10.3 Å². The standard InChI is InChI=1S/C21H22N2O2S/c1-14-12-16(13-15(2)20(14)25)4-9-19(24)17-5-7-18(8-6-17)23-21-22-10-3-11-26-21/h4-9,12-13,25H,3,10-11H2,1-2H3,(H,22,23). The number of aliphatic imine (C=N–C) groups is 1. The van der Waals surface area contributed by atoms with Gasteiger partial charge in [-0.1, -0.05) is 17.8 Å². The molecule has 0 aliphatic carbocycles. The minimum Gasteiger partial charge on any atom is -0.507 e. The Hall–Kier alpha value is -2.53. The van der Waals surface area contributed by atoms with E-state index in [1.807, 2.05) is 50.2 Å². The fraction of sp³-hybridized carbons (Fsp3) is 0.238. The van der Waals surface area contributed by atoms with Crippen molar-refractivity contribution in [2.45, 2.75) is 20.3 Å². The van der Waals surface area contributed by atoms with Crippen LogP contribution in [0.5, 0.6) is 5.75 Å². The molecule has 0 bridgehead atoms. The van der Waals surface area contributed by atoms with Crippen LogP contribution in [0.3, 0.4) is 0 Å². The molecule has 0 saturated heterocycles. The molecule has 0 aromatic heterocycles. The quantitative estimate of drug-likeness (QED) is 0.602. The van der Waals surface area contributed by atoms with E-state index in [9.17, 15) is 9.90 Å². The normalized spacial score (nSPS) is 14.3. The maximum Gasteiger partial charge on any atom is 0.185 e. The molecule has 0 fully saturated rings. The lowest BCUT2D eigenvalue weighted by molar-refractivity contribution is 0.104. The van der Waals surface area contributed by atoms with Gasteiger partial charge in [-0.05, 0) is 79.4 Å². The molecule has 2 aromatic rings. The Morgan fingerprint density at radius 2 is 1.88 bits per heavy atom. The molecule has 0 saturated carbocycles. The van der Waals surface area contributed by atoms with Crippen LogP contribution in [0.25, 0.3) is 6.08 Å². The second-order valence-electron chi connectivity index (χ2n) is 6.29. The van der Waals surface area contributed by atoms with Gasteiger partial charge in [0.1, 0.15) is 5.75 Å². The number of rotatable bonds is 4. The highest BCUT2D eigenvalue weighted by atomic mass is 32.2. The molecule has 0 spiro atoms. The number of hydrogen-bond donors (Lipinski definition) is 2. The van der Waals surface area contributed by atoms with Crippen LogP contribution in [0.2, 0.25) is 0 Å². The third kappa shape index (κ3) is 4.55. The molecular formula is C21H22N2O2S. The fourth-order valence-corrected chi connectivity index (χ4v) is 3.57. The number of nitrogens with one attached hydrogen (secondary N) is 1. The Labute approximate surface area is 158 Å². The molecule has 0 unspecified atom stereocenters. The van der Waals surface area contributed by atoms with E-state index in [4.69, 9.17) is 0 Å². The Kier molecular flexibility index (Phi) is 5.78. The van der Waals surface area contributed by atoms with Crippen molar-refractivity contribution in [3.63, 3.8) is 0 Å². The summed E-state index contributed by atoms with van der Waals surface area (Å²) in [4.78, 5) is 16.8. The average Bonchev–Trinajstić information content (AvgIpc) is 2.65. The van der Waals surface area contributed by atoms with Gasteiger partial charge < -0.3 is 10.4 Å². The molecule has 2 aromatic carbocycles.